The molecule has 1 aliphatic heterocycles. The van der Waals surface area contributed by atoms with E-state index in [4.69, 9.17) is 4.42 Å². The molecule has 5 rings (SSSR count). The molecule has 31 heavy (non-hydrogen) atoms. The van der Waals surface area contributed by atoms with Gasteiger partial charge in [0.15, 0.2) is 0 Å². The molecule has 158 valence electrons. The van der Waals surface area contributed by atoms with Crippen LogP contribution < -0.4 is 5.32 Å². The van der Waals surface area contributed by atoms with E-state index in [0.29, 0.717) is 17.9 Å². The van der Waals surface area contributed by atoms with Gasteiger partial charge in [-0.2, -0.15) is 0 Å². The molecule has 0 bridgehead atoms. The summed E-state index contributed by atoms with van der Waals surface area (Å²) in [5, 5.41) is 3.14. The summed E-state index contributed by atoms with van der Waals surface area (Å²) < 4.78 is 5.42. The van der Waals surface area contributed by atoms with Gasteiger partial charge in [-0.25, -0.2) is 0 Å². The average molecular weight is 433 g/mol. The van der Waals surface area contributed by atoms with Crippen molar-refractivity contribution >= 4 is 23.6 Å². The summed E-state index contributed by atoms with van der Waals surface area (Å²) in [6, 6.07) is 19.7. The molecule has 1 fully saturated rings. The lowest BCUT2D eigenvalue weighted by molar-refractivity contribution is -0.128. The molecule has 1 saturated heterocycles. The second-order valence-electron chi connectivity index (χ2n) is 8.00. The van der Waals surface area contributed by atoms with Crippen molar-refractivity contribution in [2.45, 2.75) is 37.2 Å². The Hall–Kier alpha value is -2.99. The molecule has 6 heteroatoms. The second kappa shape index (κ2) is 8.63. The fourth-order valence-corrected chi connectivity index (χ4v) is 5.60. The van der Waals surface area contributed by atoms with Crippen LogP contribution in [0.3, 0.4) is 0 Å². The zero-order chi connectivity index (χ0) is 21.2. The van der Waals surface area contributed by atoms with Crippen LogP contribution in [0.25, 0.3) is 0 Å². The zero-order valence-corrected chi connectivity index (χ0v) is 17.9. The van der Waals surface area contributed by atoms with E-state index in [1.165, 1.54) is 11.1 Å². The normalized spacial score (nSPS) is 20.5. The van der Waals surface area contributed by atoms with E-state index in [1.54, 1.807) is 18.0 Å². The van der Waals surface area contributed by atoms with Crippen molar-refractivity contribution in [2.24, 2.45) is 0 Å². The molecule has 0 saturated carbocycles. The van der Waals surface area contributed by atoms with Gasteiger partial charge in [-0.3, -0.25) is 9.59 Å². The predicted octanol–water partition coefficient (Wildman–Crippen LogP) is 4.86. The number of rotatable bonds is 5. The molecule has 2 atom stereocenters. The van der Waals surface area contributed by atoms with Gasteiger partial charge in [-0.05, 0) is 60.2 Å². The lowest BCUT2D eigenvalue weighted by Gasteiger charge is -2.26. The number of nitrogens with one attached hydrogen (secondary N) is 1. The van der Waals surface area contributed by atoms with Crippen molar-refractivity contribution in [1.82, 2.24) is 10.2 Å². The molecule has 2 aromatic carbocycles. The molecule has 2 unspecified atom stereocenters. The summed E-state index contributed by atoms with van der Waals surface area (Å²) in [6.07, 6.45) is 4.74. The van der Waals surface area contributed by atoms with Gasteiger partial charge in [-0.1, -0.05) is 36.4 Å². The van der Waals surface area contributed by atoms with E-state index >= 15 is 0 Å². The zero-order valence-electron chi connectivity index (χ0n) is 17.1. The molecule has 2 amide bonds. The monoisotopic (exact) mass is 432 g/mol. The molecular formula is C25H24N2O3S. The van der Waals surface area contributed by atoms with Gasteiger partial charge < -0.3 is 14.6 Å². The summed E-state index contributed by atoms with van der Waals surface area (Å²) in [5.41, 5.74) is 4.21. The minimum Gasteiger partial charge on any atom is -0.467 e. The van der Waals surface area contributed by atoms with E-state index < -0.39 is 0 Å². The van der Waals surface area contributed by atoms with Crippen molar-refractivity contribution in [2.75, 3.05) is 5.75 Å². The van der Waals surface area contributed by atoms with Crippen LogP contribution in [0.15, 0.2) is 71.3 Å². The summed E-state index contributed by atoms with van der Waals surface area (Å²) in [5.74, 6) is 1.26. The van der Waals surface area contributed by atoms with E-state index in [1.807, 2.05) is 47.4 Å². The first-order chi connectivity index (χ1) is 15.2. The highest BCUT2D eigenvalue weighted by Gasteiger charge is 2.33. The van der Waals surface area contributed by atoms with E-state index in [9.17, 15) is 9.59 Å². The highest BCUT2D eigenvalue weighted by atomic mass is 32.2. The molecule has 2 aliphatic rings. The number of aryl methyl sites for hydroxylation is 1. The number of furan rings is 1. The number of benzene rings is 2. The van der Waals surface area contributed by atoms with Crippen LogP contribution in [-0.2, 0) is 17.8 Å². The van der Waals surface area contributed by atoms with Crippen LogP contribution in [0, 0.1) is 0 Å². The quantitative estimate of drug-likeness (QED) is 0.625. The van der Waals surface area contributed by atoms with Gasteiger partial charge in [0, 0.05) is 5.56 Å². The van der Waals surface area contributed by atoms with Gasteiger partial charge in [-0.15, -0.1) is 11.8 Å². The van der Waals surface area contributed by atoms with Crippen LogP contribution in [0.4, 0.5) is 0 Å². The van der Waals surface area contributed by atoms with Gasteiger partial charge in [0.05, 0.1) is 24.6 Å². The molecule has 1 aliphatic carbocycles. The van der Waals surface area contributed by atoms with Crippen molar-refractivity contribution < 1.29 is 14.0 Å². The van der Waals surface area contributed by atoms with Crippen LogP contribution in [0.1, 0.15) is 57.1 Å². The third kappa shape index (κ3) is 4.12. The smallest absolute Gasteiger partial charge is 0.251 e. The maximum Gasteiger partial charge on any atom is 0.251 e. The minimum absolute atomic E-state index is 0.0592. The number of thioether (sulfide) groups is 1. The molecule has 2 heterocycles. The number of amides is 2. The molecule has 3 aromatic rings. The SMILES string of the molecule is O=C(NC1CCCc2ccccc21)c1ccc(C2SCC(=O)N2Cc2ccco2)cc1. The minimum atomic E-state index is -0.0695. The topological polar surface area (TPSA) is 62.6 Å². The number of carbonyl (C=O) groups excluding carboxylic acids is 2. The summed E-state index contributed by atoms with van der Waals surface area (Å²) in [6.45, 7) is 0.451. The van der Waals surface area contributed by atoms with Crippen molar-refractivity contribution in [3.05, 3.63) is 94.9 Å². The number of fused-ring (bicyclic) bond motifs is 1. The van der Waals surface area contributed by atoms with E-state index in [-0.39, 0.29) is 23.2 Å². The number of nitrogens with zero attached hydrogens (tertiary/aromatic N) is 1. The highest BCUT2D eigenvalue weighted by Crippen LogP contribution is 2.39. The van der Waals surface area contributed by atoms with Crippen molar-refractivity contribution in [3.8, 4) is 0 Å². The first-order valence-electron chi connectivity index (χ1n) is 10.6. The van der Waals surface area contributed by atoms with Gasteiger partial charge in [0.1, 0.15) is 11.1 Å². The molecule has 1 N–H and O–H groups in total. The van der Waals surface area contributed by atoms with Gasteiger partial charge >= 0.3 is 0 Å². The molecule has 5 nitrogen and oxygen atoms in total. The molecular weight excluding hydrogens is 408 g/mol. The van der Waals surface area contributed by atoms with Crippen LogP contribution in [-0.4, -0.2) is 22.5 Å². The van der Waals surface area contributed by atoms with Crippen molar-refractivity contribution in [1.29, 1.82) is 0 Å². The van der Waals surface area contributed by atoms with Gasteiger partial charge in [0.2, 0.25) is 5.91 Å². The number of carbonyl (C=O) groups is 2. The lowest BCUT2D eigenvalue weighted by Crippen LogP contribution is -2.31. The lowest BCUT2D eigenvalue weighted by atomic mass is 9.87. The second-order valence-corrected chi connectivity index (χ2v) is 9.07. The first-order valence-corrected chi connectivity index (χ1v) is 11.7. The Labute approximate surface area is 185 Å². The summed E-state index contributed by atoms with van der Waals surface area (Å²) in [7, 11) is 0. The van der Waals surface area contributed by atoms with Crippen LogP contribution in [0.2, 0.25) is 0 Å². The van der Waals surface area contributed by atoms with Crippen molar-refractivity contribution in [3.63, 3.8) is 0 Å². The predicted molar refractivity (Wildman–Crippen MR) is 120 cm³/mol. The molecule has 1 aromatic heterocycles. The van der Waals surface area contributed by atoms with Crippen LogP contribution in [0.5, 0.6) is 0 Å². The fraction of sp³-hybridized carbons (Fsp3) is 0.280. The first kappa shape index (κ1) is 19.9. The number of hydrogen-bond donors (Lipinski definition) is 1. The molecule has 0 radical (unpaired) electrons. The average Bonchev–Trinajstić information content (AvgIpc) is 3.45. The maximum absolute atomic E-state index is 12.9. The Morgan fingerprint density at radius 1 is 1.10 bits per heavy atom. The molecule has 0 spiro atoms. The largest absolute Gasteiger partial charge is 0.467 e. The number of hydrogen-bond acceptors (Lipinski definition) is 4. The Bertz CT molecular complexity index is 1080. The standard InChI is InChI=1S/C25H24N2O3S/c28-23-16-31-25(27(23)15-20-7-4-14-30-20)19-12-10-18(11-13-19)24(29)26-22-9-3-6-17-5-1-2-8-21(17)22/h1-2,4-5,7-8,10-14,22,25H,3,6,9,15-16H2,(H,26,29). The fourth-order valence-electron chi connectivity index (χ4n) is 4.42. The Morgan fingerprint density at radius 3 is 2.74 bits per heavy atom. The summed E-state index contributed by atoms with van der Waals surface area (Å²) >= 11 is 1.60. The van der Waals surface area contributed by atoms with Gasteiger partial charge in [0.25, 0.3) is 5.91 Å². The highest BCUT2D eigenvalue weighted by molar-refractivity contribution is 8.00. The van der Waals surface area contributed by atoms with Crippen LogP contribution >= 0.6 is 11.8 Å². The van der Waals surface area contributed by atoms with E-state index in [2.05, 4.69) is 23.5 Å². The third-order valence-corrected chi connectivity index (χ3v) is 7.26. The summed E-state index contributed by atoms with van der Waals surface area (Å²) in [4.78, 5) is 27.1. The Kier molecular flexibility index (Phi) is 5.55. The Morgan fingerprint density at radius 2 is 1.94 bits per heavy atom. The van der Waals surface area contributed by atoms with E-state index in [0.717, 1.165) is 30.6 Å². The Balaban J connectivity index is 1.29. The maximum atomic E-state index is 12.9. The third-order valence-electron chi connectivity index (χ3n) is 6.01.